The van der Waals surface area contributed by atoms with Gasteiger partial charge in [0.2, 0.25) is 0 Å². The summed E-state index contributed by atoms with van der Waals surface area (Å²) in [6.07, 6.45) is 5.37. The summed E-state index contributed by atoms with van der Waals surface area (Å²) < 4.78 is 2.31. The summed E-state index contributed by atoms with van der Waals surface area (Å²) in [7, 11) is 2.17. The maximum absolute atomic E-state index is 11.3. The van der Waals surface area contributed by atoms with Crippen LogP contribution in [-0.2, 0) is 19.5 Å². The number of benzene rings is 1. The number of para-hydroxylation sites is 2. The van der Waals surface area contributed by atoms with Crippen LogP contribution in [0.1, 0.15) is 42.4 Å². The van der Waals surface area contributed by atoms with Crippen LogP contribution >= 0.6 is 0 Å². The third kappa shape index (κ3) is 3.90. The minimum Gasteiger partial charge on any atom is -0.465 e. The van der Waals surface area contributed by atoms with Crippen LogP contribution in [0.15, 0.2) is 42.6 Å². The lowest BCUT2D eigenvalue weighted by Crippen LogP contribution is -2.30. The molecule has 1 aliphatic heterocycles. The monoisotopic (exact) mass is 419 g/mol. The zero-order valence-electron chi connectivity index (χ0n) is 17.9. The van der Waals surface area contributed by atoms with E-state index < -0.39 is 6.09 Å². The summed E-state index contributed by atoms with van der Waals surface area (Å²) in [5.74, 6) is 1.36. The van der Waals surface area contributed by atoms with Crippen molar-refractivity contribution in [2.24, 2.45) is 5.92 Å². The molecule has 3 heterocycles. The Hall–Kier alpha value is -2.93. The summed E-state index contributed by atoms with van der Waals surface area (Å²) >= 11 is 0. The SMILES string of the molecule is CN(Cc1nc2ccccc2n1CC1CCN(C(=O)O)C1)C1CCCc2cccnc21. The first-order chi connectivity index (χ1) is 15.1. The van der Waals surface area contributed by atoms with Gasteiger partial charge < -0.3 is 14.6 Å². The summed E-state index contributed by atoms with van der Waals surface area (Å²) in [6, 6.07) is 12.8. The van der Waals surface area contributed by atoms with Gasteiger partial charge in [0.05, 0.1) is 29.3 Å². The first kappa shape index (κ1) is 20.0. The fourth-order valence-electron chi connectivity index (χ4n) is 5.21. The van der Waals surface area contributed by atoms with Gasteiger partial charge in [0, 0.05) is 25.8 Å². The topological polar surface area (TPSA) is 74.5 Å². The molecule has 1 saturated heterocycles. The summed E-state index contributed by atoms with van der Waals surface area (Å²) in [5, 5.41) is 9.32. The Kier molecular flexibility index (Phi) is 5.36. The Bertz CT molecular complexity index is 1090. The molecule has 1 fully saturated rings. The number of nitrogens with zero attached hydrogens (tertiary/aromatic N) is 5. The van der Waals surface area contributed by atoms with Crippen LogP contribution in [0.3, 0.4) is 0 Å². The number of likely N-dealkylation sites (tertiary alicyclic amines) is 1. The number of hydrogen-bond acceptors (Lipinski definition) is 4. The van der Waals surface area contributed by atoms with Crippen LogP contribution in [0.4, 0.5) is 4.79 Å². The normalized spacial score (nSPS) is 21.0. The van der Waals surface area contributed by atoms with Gasteiger partial charge in [0.25, 0.3) is 0 Å². The van der Waals surface area contributed by atoms with Crippen molar-refractivity contribution in [3.8, 4) is 0 Å². The number of pyridine rings is 1. The average molecular weight is 420 g/mol. The molecule has 1 N–H and O–H groups in total. The number of imidazole rings is 1. The lowest BCUT2D eigenvalue weighted by molar-refractivity contribution is 0.153. The summed E-state index contributed by atoms with van der Waals surface area (Å²) in [4.78, 5) is 24.9. The maximum Gasteiger partial charge on any atom is 0.407 e. The third-order valence-corrected chi connectivity index (χ3v) is 6.82. The molecule has 1 amide bonds. The second-order valence-corrected chi connectivity index (χ2v) is 8.88. The minimum atomic E-state index is -0.818. The Morgan fingerprint density at radius 1 is 1.23 bits per heavy atom. The number of hydrogen-bond donors (Lipinski definition) is 1. The molecule has 1 aromatic carbocycles. The van der Waals surface area contributed by atoms with E-state index >= 15 is 0 Å². The van der Waals surface area contributed by atoms with Gasteiger partial charge in [0.15, 0.2) is 0 Å². The second kappa shape index (κ2) is 8.30. The predicted octanol–water partition coefficient (Wildman–Crippen LogP) is 3.94. The highest BCUT2D eigenvalue weighted by Gasteiger charge is 2.29. The molecule has 2 unspecified atom stereocenters. The molecule has 0 bridgehead atoms. The first-order valence-electron chi connectivity index (χ1n) is 11.2. The van der Waals surface area contributed by atoms with Gasteiger partial charge in [-0.25, -0.2) is 9.78 Å². The molecular formula is C24H29N5O2. The van der Waals surface area contributed by atoms with E-state index in [1.54, 1.807) is 0 Å². The van der Waals surface area contributed by atoms with E-state index in [9.17, 15) is 9.90 Å². The van der Waals surface area contributed by atoms with Crippen molar-refractivity contribution in [2.75, 3.05) is 20.1 Å². The van der Waals surface area contributed by atoms with Crippen molar-refractivity contribution in [3.05, 3.63) is 59.7 Å². The number of fused-ring (bicyclic) bond motifs is 2. The van der Waals surface area contributed by atoms with E-state index in [1.165, 1.54) is 22.6 Å². The Balaban J connectivity index is 1.41. The van der Waals surface area contributed by atoms with Crippen LogP contribution in [-0.4, -0.2) is 55.7 Å². The molecule has 3 aromatic rings. The highest BCUT2D eigenvalue weighted by atomic mass is 16.4. The van der Waals surface area contributed by atoms with Crippen LogP contribution in [0.2, 0.25) is 0 Å². The van der Waals surface area contributed by atoms with Crippen molar-refractivity contribution in [1.29, 1.82) is 0 Å². The van der Waals surface area contributed by atoms with Gasteiger partial charge in [0.1, 0.15) is 5.82 Å². The molecular weight excluding hydrogens is 390 g/mol. The van der Waals surface area contributed by atoms with Gasteiger partial charge in [-0.05, 0) is 62.4 Å². The van der Waals surface area contributed by atoms with Gasteiger partial charge >= 0.3 is 6.09 Å². The average Bonchev–Trinajstić information content (AvgIpc) is 3.39. The number of carbonyl (C=O) groups is 1. The van der Waals surface area contributed by atoms with Crippen LogP contribution in [0.5, 0.6) is 0 Å². The van der Waals surface area contributed by atoms with Crippen molar-refractivity contribution in [1.82, 2.24) is 24.3 Å². The van der Waals surface area contributed by atoms with Gasteiger partial charge in [-0.3, -0.25) is 9.88 Å². The van der Waals surface area contributed by atoms with Crippen LogP contribution in [0, 0.1) is 5.92 Å². The maximum atomic E-state index is 11.3. The minimum absolute atomic E-state index is 0.298. The van der Waals surface area contributed by atoms with Crippen molar-refractivity contribution in [2.45, 2.75) is 44.8 Å². The van der Waals surface area contributed by atoms with E-state index in [1.807, 2.05) is 24.4 Å². The predicted molar refractivity (Wildman–Crippen MR) is 119 cm³/mol. The largest absolute Gasteiger partial charge is 0.465 e. The number of amides is 1. The second-order valence-electron chi connectivity index (χ2n) is 8.88. The zero-order chi connectivity index (χ0) is 21.4. The van der Waals surface area contributed by atoms with E-state index in [0.717, 1.165) is 49.2 Å². The molecule has 7 heteroatoms. The molecule has 2 aliphatic rings. The van der Waals surface area contributed by atoms with E-state index in [4.69, 9.17) is 9.97 Å². The number of carboxylic acid groups (broad SMARTS) is 1. The fourth-order valence-corrected chi connectivity index (χ4v) is 5.21. The highest BCUT2D eigenvalue weighted by molar-refractivity contribution is 5.76. The van der Waals surface area contributed by atoms with Gasteiger partial charge in [-0.15, -0.1) is 0 Å². The van der Waals surface area contributed by atoms with E-state index in [0.29, 0.717) is 25.0 Å². The Morgan fingerprint density at radius 3 is 2.94 bits per heavy atom. The molecule has 0 saturated carbocycles. The summed E-state index contributed by atoms with van der Waals surface area (Å²) in [5.41, 5.74) is 4.69. The van der Waals surface area contributed by atoms with E-state index in [-0.39, 0.29) is 0 Å². The van der Waals surface area contributed by atoms with Crippen LogP contribution in [0.25, 0.3) is 11.0 Å². The highest BCUT2D eigenvalue weighted by Crippen LogP contribution is 2.33. The van der Waals surface area contributed by atoms with Crippen molar-refractivity contribution < 1.29 is 9.90 Å². The standard InChI is InChI=1S/C24H29N5O2/c1-27(21-10-4-6-18-7-5-12-25-23(18)21)16-22-26-19-8-2-3-9-20(19)29(22)15-17-11-13-28(14-17)24(30)31/h2-3,5,7-9,12,17,21H,4,6,10-11,13-16H2,1H3,(H,30,31). The lowest BCUT2D eigenvalue weighted by Gasteiger charge is -2.32. The van der Waals surface area contributed by atoms with Crippen molar-refractivity contribution in [3.63, 3.8) is 0 Å². The molecule has 0 radical (unpaired) electrons. The number of rotatable bonds is 5. The smallest absolute Gasteiger partial charge is 0.407 e. The third-order valence-electron chi connectivity index (χ3n) is 6.82. The Labute approximate surface area is 182 Å². The van der Waals surface area contributed by atoms with E-state index in [2.05, 4.69) is 34.7 Å². The molecule has 1 aliphatic carbocycles. The number of aryl methyl sites for hydroxylation is 1. The molecule has 7 nitrogen and oxygen atoms in total. The Morgan fingerprint density at radius 2 is 2.10 bits per heavy atom. The zero-order valence-corrected chi connectivity index (χ0v) is 17.9. The van der Waals surface area contributed by atoms with Gasteiger partial charge in [-0.2, -0.15) is 0 Å². The quantitative estimate of drug-likeness (QED) is 0.678. The summed E-state index contributed by atoms with van der Waals surface area (Å²) in [6.45, 7) is 2.75. The van der Waals surface area contributed by atoms with Crippen molar-refractivity contribution >= 4 is 17.1 Å². The molecule has 0 spiro atoms. The molecule has 31 heavy (non-hydrogen) atoms. The van der Waals surface area contributed by atoms with Crippen LogP contribution < -0.4 is 0 Å². The first-order valence-corrected chi connectivity index (χ1v) is 11.2. The molecule has 162 valence electrons. The fraction of sp³-hybridized carbons (Fsp3) is 0.458. The number of aromatic nitrogens is 3. The molecule has 2 aromatic heterocycles. The lowest BCUT2D eigenvalue weighted by atomic mass is 9.91. The molecule has 2 atom stereocenters. The molecule has 5 rings (SSSR count). The van der Waals surface area contributed by atoms with Gasteiger partial charge in [-0.1, -0.05) is 18.2 Å².